The highest BCUT2D eigenvalue weighted by Gasteiger charge is 2.34. The molecule has 0 unspecified atom stereocenters. The molecule has 0 spiro atoms. The zero-order chi connectivity index (χ0) is 33.0. The minimum Gasteiger partial charge on any atom is -0.490 e. The topological polar surface area (TPSA) is 87.3 Å². The normalized spacial score (nSPS) is 16.2. The van der Waals surface area contributed by atoms with E-state index in [2.05, 4.69) is 11.7 Å². The zero-order valence-corrected chi connectivity index (χ0v) is 27.1. The van der Waals surface area contributed by atoms with E-state index >= 15 is 4.39 Å². The molecule has 7 rings (SSSR count). The fourth-order valence-electron chi connectivity index (χ4n) is 6.52. The number of halogens is 2. The van der Waals surface area contributed by atoms with Crippen molar-refractivity contribution in [2.24, 2.45) is 7.05 Å². The first-order valence-corrected chi connectivity index (χ1v) is 16.1. The van der Waals surface area contributed by atoms with Gasteiger partial charge in [-0.25, -0.2) is 13.8 Å². The van der Waals surface area contributed by atoms with Crippen molar-refractivity contribution in [2.75, 3.05) is 20.3 Å². The molecule has 6 aromatic rings. The monoisotopic (exact) mass is 654 g/mol. The Bertz CT molecular complexity index is 2190. The molecular formula is C35H32F2N6O3S. The number of hydrogen-bond donors (Lipinski definition) is 0. The number of pyridine rings is 1. The number of methoxy groups -OCH3 is 1. The molecule has 0 saturated carbocycles. The van der Waals surface area contributed by atoms with Crippen LogP contribution in [0.15, 0.2) is 66.7 Å². The summed E-state index contributed by atoms with van der Waals surface area (Å²) in [7, 11) is 3.42. The molecule has 1 amide bonds. The average Bonchev–Trinajstić information content (AvgIpc) is 3.79. The second kappa shape index (κ2) is 12.0. The molecule has 0 saturated heterocycles. The second-order valence-corrected chi connectivity index (χ2v) is 12.5. The van der Waals surface area contributed by atoms with Crippen molar-refractivity contribution in [1.82, 2.24) is 29.4 Å². The Kier molecular flexibility index (Phi) is 7.85. The lowest BCUT2D eigenvalue weighted by molar-refractivity contribution is -0.131. The maximum Gasteiger partial charge on any atom is 0.246 e. The SMILES string of the molecule is C=CC(=O)N1[C@H](C)Cn2nc(-c3nc(-c4ccc5c(cnn5C)c4)c4ccsc4c3-c3c(F)cc(F)cc3OCCOC)cc2[C@@H]1C. The minimum absolute atomic E-state index is 0.0375. The molecule has 0 fully saturated rings. The molecule has 2 aromatic carbocycles. The van der Waals surface area contributed by atoms with Gasteiger partial charge in [-0.1, -0.05) is 12.6 Å². The Balaban J connectivity index is 1.51. The van der Waals surface area contributed by atoms with Gasteiger partial charge in [0.25, 0.3) is 0 Å². The van der Waals surface area contributed by atoms with Gasteiger partial charge >= 0.3 is 0 Å². The maximum atomic E-state index is 16.1. The average molecular weight is 655 g/mol. The van der Waals surface area contributed by atoms with Crippen LogP contribution in [0.4, 0.5) is 8.78 Å². The molecule has 0 N–H and O–H groups in total. The Morgan fingerprint density at radius 2 is 1.94 bits per heavy atom. The second-order valence-electron chi connectivity index (χ2n) is 11.6. The maximum absolute atomic E-state index is 16.1. The summed E-state index contributed by atoms with van der Waals surface area (Å²) in [4.78, 5) is 19.8. The zero-order valence-electron chi connectivity index (χ0n) is 26.3. The molecule has 47 heavy (non-hydrogen) atoms. The summed E-state index contributed by atoms with van der Waals surface area (Å²) in [6, 6.07) is 11.5. The Hall–Kier alpha value is -4.94. The van der Waals surface area contributed by atoms with E-state index in [1.165, 1.54) is 30.6 Å². The third-order valence-corrected chi connectivity index (χ3v) is 9.61. The van der Waals surface area contributed by atoms with Crippen molar-refractivity contribution in [3.05, 3.63) is 84.0 Å². The Labute approximate surface area is 273 Å². The van der Waals surface area contributed by atoms with Crippen LogP contribution in [-0.2, 0) is 23.1 Å². The number of thiophene rings is 1. The van der Waals surface area contributed by atoms with Gasteiger partial charge in [0.2, 0.25) is 5.91 Å². The van der Waals surface area contributed by atoms with Crippen LogP contribution in [-0.4, -0.2) is 61.7 Å². The summed E-state index contributed by atoms with van der Waals surface area (Å²) in [6.07, 6.45) is 3.12. The van der Waals surface area contributed by atoms with E-state index in [-0.39, 0.29) is 42.5 Å². The molecule has 4 aromatic heterocycles. The summed E-state index contributed by atoms with van der Waals surface area (Å²) in [6.45, 7) is 8.37. The van der Waals surface area contributed by atoms with Crippen molar-refractivity contribution in [1.29, 1.82) is 0 Å². The standard InChI is InChI=1S/C35H32F2N6O3S/c1-6-30(44)43-19(2)18-42-28(20(43)3)16-26(40-42)34-32(31-25(37)14-23(36)15-29(31)46-11-10-45-5)35-24(9-12-47-35)33(39-34)21-7-8-27-22(13-21)17-38-41(27)4/h6-9,12-17,19-20H,1,10-11,18H2,2-5H3/t19-,20+/m1/s1. The largest absolute Gasteiger partial charge is 0.490 e. The number of carbonyl (C=O) groups is 1. The number of ether oxygens (including phenoxy) is 2. The molecule has 0 radical (unpaired) electrons. The van der Waals surface area contributed by atoms with Crippen molar-refractivity contribution in [3.8, 4) is 39.5 Å². The van der Waals surface area contributed by atoms with Gasteiger partial charge in [0, 0.05) is 58.9 Å². The van der Waals surface area contributed by atoms with Gasteiger partial charge < -0.3 is 14.4 Å². The first kappa shape index (κ1) is 30.7. The number of carbonyl (C=O) groups excluding carboxylic acids is 1. The van der Waals surface area contributed by atoms with Crippen LogP contribution in [0.5, 0.6) is 5.75 Å². The highest BCUT2D eigenvalue weighted by molar-refractivity contribution is 7.18. The lowest BCUT2D eigenvalue weighted by Gasteiger charge is -2.38. The molecule has 0 bridgehead atoms. The molecule has 0 aliphatic carbocycles. The summed E-state index contributed by atoms with van der Waals surface area (Å²) >= 11 is 1.43. The van der Waals surface area contributed by atoms with E-state index in [9.17, 15) is 9.18 Å². The fraction of sp³-hybridized carbons (Fsp3) is 0.257. The number of aromatic nitrogens is 5. The van der Waals surface area contributed by atoms with Crippen LogP contribution < -0.4 is 4.74 Å². The molecule has 240 valence electrons. The van der Waals surface area contributed by atoms with Crippen LogP contribution in [0.3, 0.4) is 0 Å². The molecule has 12 heteroatoms. The third-order valence-electron chi connectivity index (χ3n) is 8.68. The number of rotatable bonds is 8. The number of hydrogen-bond acceptors (Lipinski definition) is 7. The summed E-state index contributed by atoms with van der Waals surface area (Å²) in [5.74, 6) is -1.68. The number of nitrogens with zero attached hydrogens (tertiary/aromatic N) is 6. The van der Waals surface area contributed by atoms with E-state index in [0.29, 0.717) is 29.2 Å². The van der Waals surface area contributed by atoms with Gasteiger partial charge in [0.1, 0.15) is 35.4 Å². The highest BCUT2D eigenvalue weighted by atomic mass is 32.1. The van der Waals surface area contributed by atoms with Crippen LogP contribution in [0.1, 0.15) is 25.6 Å². The van der Waals surface area contributed by atoms with Crippen LogP contribution in [0.25, 0.3) is 54.8 Å². The van der Waals surface area contributed by atoms with E-state index in [1.54, 1.807) is 11.1 Å². The van der Waals surface area contributed by atoms with E-state index in [4.69, 9.17) is 19.6 Å². The van der Waals surface area contributed by atoms with Gasteiger partial charge in [-0.2, -0.15) is 10.2 Å². The Morgan fingerprint density at radius 3 is 2.72 bits per heavy atom. The lowest BCUT2D eigenvalue weighted by atomic mass is 9.96. The van der Waals surface area contributed by atoms with Crippen molar-refractivity contribution in [3.63, 3.8) is 0 Å². The van der Waals surface area contributed by atoms with Crippen LogP contribution >= 0.6 is 11.3 Å². The van der Waals surface area contributed by atoms with Gasteiger partial charge in [-0.15, -0.1) is 11.3 Å². The first-order valence-electron chi connectivity index (χ1n) is 15.2. The first-order chi connectivity index (χ1) is 22.7. The van der Waals surface area contributed by atoms with Gasteiger partial charge in [-0.3, -0.25) is 14.2 Å². The minimum atomic E-state index is -0.784. The van der Waals surface area contributed by atoms with Crippen LogP contribution in [0, 0.1) is 11.6 Å². The predicted octanol–water partition coefficient (Wildman–Crippen LogP) is 7.16. The fourth-order valence-corrected chi connectivity index (χ4v) is 7.47. The summed E-state index contributed by atoms with van der Waals surface area (Å²) in [5.41, 5.74) is 4.75. The van der Waals surface area contributed by atoms with E-state index < -0.39 is 11.6 Å². The summed E-state index contributed by atoms with van der Waals surface area (Å²) in [5, 5.41) is 13.1. The lowest BCUT2D eigenvalue weighted by Crippen LogP contribution is -2.46. The highest BCUT2D eigenvalue weighted by Crippen LogP contribution is 2.47. The van der Waals surface area contributed by atoms with Crippen molar-refractivity contribution in [2.45, 2.75) is 32.5 Å². The van der Waals surface area contributed by atoms with Crippen molar-refractivity contribution >= 4 is 38.2 Å². The van der Waals surface area contributed by atoms with Crippen LogP contribution in [0.2, 0.25) is 0 Å². The molecule has 5 heterocycles. The number of amides is 1. The van der Waals surface area contributed by atoms with Gasteiger partial charge in [0.05, 0.1) is 47.9 Å². The smallest absolute Gasteiger partial charge is 0.246 e. The molecule has 1 aliphatic heterocycles. The Morgan fingerprint density at radius 1 is 1.11 bits per heavy atom. The quantitative estimate of drug-likeness (QED) is 0.128. The van der Waals surface area contributed by atoms with Gasteiger partial charge in [0.15, 0.2) is 0 Å². The van der Waals surface area contributed by atoms with Gasteiger partial charge in [-0.05, 0) is 49.6 Å². The van der Waals surface area contributed by atoms with E-state index in [1.807, 2.05) is 66.0 Å². The number of aryl methyl sites for hydroxylation is 1. The molecule has 9 nitrogen and oxygen atoms in total. The third kappa shape index (κ3) is 5.17. The van der Waals surface area contributed by atoms with Crippen molar-refractivity contribution < 1.29 is 23.0 Å². The summed E-state index contributed by atoms with van der Waals surface area (Å²) < 4.78 is 46.2. The van der Waals surface area contributed by atoms with E-state index in [0.717, 1.165) is 38.3 Å². The molecule has 1 aliphatic rings. The molecular weight excluding hydrogens is 622 g/mol. The predicted molar refractivity (Wildman–Crippen MR) is 178 cm³/mol. The number of benzene rings is 2. The number of fused-ring (bicyclic) bond motifs is 3. The molecule has 2 atom stereocenters.